The second kappa shape index (κ2) is 9.26. The van der Waals surface area contributed by atoms with E-state index >= 15 is 4.39 Å². The van der Waals surface area contributed by atoms with Crippen LogP contribution in [-0.2, 0) is 0 Å². The smallest absolute Gasteiger partial charge is 0.156 e. The Morgan fingerprint density at radius 2 is 1.94 bits per heavy atom. The van der Waals surface area contributed by atoms with Crippen LogP contribution in [0.25, 0.3) is 22.2 Å². The number of aromatic nitrogens is 2. The lowest BCUT2D eigenvalue weighted by Crippen LogP contribution is -2.07. The van der Waals surface area contributed by atoms with Gasteiger partial charge in [0.05, 0.1) is 11.3 Å². The molecule has 4 rings (SSSR count). The average Bonchev–Trinajstić information content (AvgIpc) is 3.19. The van der Waals surface area contributed by atoms with Crippen LogP contribution in [0.15, 0.2) is 54.9 Å². The summed E-state index contributed by atoms with van der Waals surface area (Å²) >= 11 is 7.29. The quantitative estimate of drug-likeness (QED) is 0.212. The lowest BCUT2D eigenvalue weighted by molar-refractivity contribution is 0.211. The molecule has 0 saturated carbocycles. The summed E-state index contributed by atoms with van der Waals surface area (Å²) in [6.07, 6.45) is 2.62. The van der Waals surface area contributed by atoms with Gasteiger partial charge in [-0.2, -0.15) is 0 Å². The maximum absolute atomic E-state index is 15.1. The number of aliphatic hydroxyl groups is 1. The van der Waals surface area contributed by atoms with Gasteiger partial charge >= 0.3 is 0 Å². The summed E-state index contributed by atoms with van der Waals surface area (Å²) in [6, 6.07) is 11.6. The van der Waals surface area contributed by atoms with E-state index in [1.54, 1.807) is 18.3 Å². The molecule has 0 saturated heterocycles. The number of nitrogens with zero attached hydrogens (tertiary/aromatic N) is 1. The fourth-order valence-electron chi connectivity index (χ4n) is 3.34. The van der Waals surface area contributed by atoms with E-state index < -0.39 is 23.3 Å². The summed E-state index contributed by atoms with van der Waals surface area (Å²) in [7, 11) is 0. The molecule has 160 valence electrons. The molecule has 1 atom stereocenters. The molecule has 2 aromatic carbocycles. The molecule has 0 aliphatic carbocycles. The first-order valence-electron chi connectivity index (χ1n) is 9.76. The molecule has 0 aliphatic rings. The number of benzene rings is 2. The molecular weight excluding hydrogens is 440 g/mol. The molecule has 0 radical (unpaired) electrons. The van der Waals surface area contributed by atoms with Gasteiger partial charge in [0.2, 0.25) is 0 Å². The van der Waals surface area contributed by atoms with E-state index in [2.05, 4.69) is 14.7 Å². The summed E-state index contributed by atoms with van der Waals surface area (Å²) in [4.78, 5) is 7.35. The zero-order valence-corrected chi connectivity index (χ0v) is 18.2. The number of fused-ring (bicyclic) bond motifs is 1. The maximum atomic E-state index is 15.1. The summed E-state index contributed by atoms with van der Waals surface area (Å²) in [6.45, 7) is 2.01. The summed E-state index contributed by atoms with van der Waals surface area (Å²) in [5, 5.41) is 12.2. The molecule has 4 nitrogen and oxygen atoms in total. The topological polar surface area (TPSA) is 60.9 Å². The molecule has 2 aromatic heterocycles. The van der Waals surface area contributed by atoms with Gasteiger partial charge in [0.1, 0.15) is 17.6 Å². The number of hydrogen-bond donors (Lipinski definition) is 3. The predicted octanol–water partition coefficient (Wildman–Crippen LogP) is 6.71. The Balaban J connectivity index is 1.74. The predicted molar refractivity (Wildman–Crippen MR) is 123 cm³/mol. The van der Waals surface area contributed by atoms with Crippen LogP contribution in [0.4, 0.5) is 14.5 Å². The van der Waals surface area contributed by atoms with Gasteiger partial charge in [-0.15, -0.1) is 0 Å². The number of hydrogen-bond acceptors (Lipinski definition) is 4. The molecule has 8 heteroatoms. The van der Waals surface area contributed by atoms with Crippen LogP contribution < -0.4 is 4.72 Å². The van der Waals surface area contributed by atoms with Crippen molar-refractivity contribution in [3.63, 3.8) is 0 Å². The third kappa shape index (κ3) is 4.39. The number of aliphatic hydroxyl groups excluding tert-OH is 1. The highest BCUT2D eigenvalue weighted by Gasteiger charge is 2.25. The van der Waals surface area contributed by atoms with Crippen LogP contribution in [0.3, 0.4) is 0 Å². The van der Waals surface area contributed by atoms with Crippen molar-refractivity contribution in [2.75, 3.05) is 10.5 Å². The second-order valence-corrected chi connectivity index (χ2v) is 8.38. The molecule has 0 bridgehead atoms. The minimum Gasteiger partial charge on any atom is -0.383 e. The van der Waals surface area contributed by atoms with Crippen molar-refractivity contribution in [2.45, 2.75) is 19.4 Å². The van der Waals surface area contributed by atoms with Crippen molar-refractivity contribution in [3.05, 3.63) is 82.6 Å². The van der Waals surface area contributed by atoms with E-state index in [1.807, 2.05) is 25.1 Å². The Bertz CT molecular complexity index is 1210. The number of pyridine rings is 1. The Morgan fingerprint density at radius 3 is 2.68 bits per heavy atom. The van der Waals surface area contributed by atoms with E-state index in [1.165, 1.54) is 24.2 Å². The number of H-pyrrole nitrogens is 1. The average molecular weight is 460 g/mol. The lowest BCUT2D eigenvalue weighted by Gasteiger charge is -2.16. The Hall–Kier alpha value is -2.61. The molecule has 0 spiro atoms. The summed E-state index contributed by atoms with van der Waals surface area (Å²) in [5.74, 6) is -0.851. The summed E-state index contributed by atoms with van der Waals surface area (Å²) < 4.78 is 32.5. The van der Waals surface area contributed by atoms with Crippen molar-refractivity contribution in [1.29, 1.82) is 0 Å². The van der Waals surface area contributed by atoms with E-state index in [0.717, 1.165) is 29.4 Å². The second-order valence-electron chi connectivity index (χ2n) is 7.05. The van der Waals surface area contributed by atoms with Crippen LogP contribution in [0.2, 0.25) is 5.02 Å². The fourth-order valence-corrected chi connectivity index (χ4v) is 4.08. The first kappa shape index (κ1) is 21.6. The normalized spacial score (nSPS) is 12.3. The number of halogens is 3. The highest BCUT2D eigenvalue weighted by atomic mass is 35.5. The van der Waals surface area contributed by atoms with E-state index in [4.69, 9.17) is 11.6 Å². The molecule has 0 aliphatic heterocycles. The summed E-state index contributed by atoms with van der Waals surface area (Å²) in [5.41, 5.74) is 2.27. The van der Waals surface area contributed by atoms with Gasteiger partial charge in [-0.3, -0.25) is 0 Å². The minimum atomic E-state index is -1.51. The number of aromatic amines is 1. The molecule has 0 fully saturated rings. The van der Waals surface area contributed by atoms with Crippen LogP contribution in [-0.4, -0.2) is 20.8 Å². The van der Waals surface area contributed by atoms with Gasteiger partial charge < -0.3 is 14.8 Å². The van der Waals surface area contributed by atoms with Crippen LogP contribution in [0, 0.1) is 11.6 Å². The molecule has 1 unspecified atom stereocenters. The lowest BCUT2D eigenvalue weighted by atomic mass is 9.98. The zero-order valence-electron chi connectivity index (χ0n) is 16.6. The first-order valence-corrected chi connectivity index (χ1v) is 11.1. The van der Waals surface area contributed by atoms with Gasteiger partial charge in [0, 0.05) is 39.7 Å². The maximum Gasteiger partial charge on any atom is 0.156 e. The van der Waals surface area contributed by atoms with Gasteiger partial charge in [-0.25, -0.2) is 13.8 Å². The van der Waals surface area contributed by atoms with Crippen molar-refractivity contribution in [3.8, 4) is 11.1 Å². The van der Waals surface area contributed by atoms with Crippen LogP contribution in [0.1, 0.15) is 30.6 Å². The van der Waals surface area contributed by atoms with E-state index in [9.17, 15) is 9.50 Å². The fraction of sp³-hybridized carbons (Fsp3) is 0.174. The molecule has 2 heterocycles. The molecule has 31 heavy (non-hydrogen) atoms. The monoisotopic (exact) mass is 459 g/mol. The largest absolute Gasteiger partial charge is 0.383 e. The number of nitrogens with one attached hydrogen (secondary N) is 2. The Kier molecular flexibility index (Phi) is 6.46. The third-order valence-electron chi connectivity index (χ3n) is 4.92. The first-order chi connectivity index (χ1) is 15.0. The number of rotatable bonds is 7. The van der Waals surface area contributed by atoms with Crippen molar-refractivity contribution < 1.29 is 13.9 Å². The van der Waals surface area contributed by atoms with Gasteiger partial charge in [-0.1, -0.05) is 42.6 Å². The van der Waals surface area contributed by atoms with Crippen LogP contribution >= 0.6 is 23.5 Å². The van der Waals surface area contributed by atoms with Crippen LogP contribution in [0.5, 0.6) is 0 Å². The van der Waals surface area contributed by atoms with Crippen molar-refractivity contribution >= 4 is 40.3 Å². The Labute approximate surface area is 187 Å². The van der Waals surface area contributed by atoms with Crippen molar-refractivity contribution in [2.24, 2.45) is 0 Å². The highest BCUT2D eigenvalue weighted by molar-refractivity contribution is 8.00. The van der Waals surface area contributed by atoms with Gasteiger partial charge in [-0.05, 0) is 42.3 Å². The highest BCUT2D eigenvalue weighted by Crippen LogP contribution is 2.35. The van der Waals surface area contributed by atoms with E-state index in [-0.39, 0.29) is 5.69 Å². The van der Waals surface area contributed by atoms with Gasteiger partial charge in [0.15, 0.2) is 5.82 Å². The minimum absolute atomic E-state index is 0.133. The SMILES string of the molecule is CCCSNc1ccc(F)c(C(O)c2c[nH]c3ncc(-c4ccc(Cl)cc4)cc23)c1F. The standard InChI is InChI=1S/C23H20ClF2N3OS/c1-2-9-31-29-19-8-7-18(25)20(21(19)26)22(30)17-12-28-23-16(17)10-14(11-27-23)13-3-5-15(24)6-4-13/h3-8,10-12,22,29-30H,2,9H2,1H3,(H,27,28). The van der Waals surface area contributed by atoms with Gasteiger partial charge in [0.25, 0.3) is 0 Å². The Morgan fingerprint density at radius 1 is 1.16 bits per heavy atom. The molecule has 3 N–H and O–H groups in total. The molecular formula is C23H20ClF2N3OS. The molecule has 0 amide bonds. The van der Waals surface area contributed by atoms with E-state index in [0.29, 0.717) is 21.6 Å². The van der Waals surface area contributed by atoms with Crippen molar-refractivity contribution in [1.82, 2.24) is 9.97 Å². The molecule has 4 aromatic rings. The zero-order chi connectivity index (χ0) is 22.0. The third-order valence-corrected chi connectivity index (χ3v) is 6.15. The number of anilines is 1.